The van der Waals surface area contributed by atoms with E-state index in [1.807, 2.05) is 48.7 Å². The number of nitrogens with two attached hydrogens (primary N) is 1. The Balaban J connectivity index is 0.00000108. The Morgan fingerprint density at radius 2 is 1.88 bits per heavy atom. The van der Waals surface area contributed by atoms with Crippen LogP contribution in [0, 0.1) is 0 Å². The summed E-state index contributed by atoms with van der Waals surface area (Å²) in [7, 11) is 0. The van der Waals surface area contributed by atoms with Gasteiger partial charge in [0.25, 0.3) is 0 Å². The van der Waals surface area contributed by atoms with Crippen LogP contribution in [0.5, 0.6) is 0 Å². The highest BCUT2D eigenvalue weighted by Gasteiger charge is 2.11. The number of nitrogens with zero attached hydrogens (tertiary/aromatic N) is 1. The minimum Gasteiger partial charge on any atom is -1.00 e. The van der Waals surface area contributed by atoms with Crippen molar-refractivity contribution in [3.63, 3.8) is 0 Å². The van der Waals surface area contributed by atoms with Gasteiger partial charge in [0, 0.05) is 29.3 Å². The fourth-order valence-electron chi connectivity index (χ4n) is 1.98. The number of pyridine rings is 2. The first-order valence-electron chi connectivity index (χ1n) is 5.04. The average Bonchev–Trinajstić information content (AvgIpc) is 2.29. The van der Waals surface area contributed by atoms with Crippen LogP contribution >= 0.6 is 11.6 Å². The molecule has 0 saturated carbocycles. The molecule has 0 saturated heterocycles. The largest absolute Gasteiger partial charge is 1.00 e. The lowest BCUT2D eigenvalue weighted by Crippen LogP contribution is -3.00. The van der Waals surface area contributed by atoms with Crippen molar-refractivity contribution in [2.24, 2.45) is 0 Å². The molecule has 2 heterocycles. The summed E-state index contributed by atoms with van der Waals surface area (Å²) >= 11 is 5.98. The lowest BCUT2D eigenvalue weighted by molar-refractivity contribution is -0.481. The maximum Gasteiger partial charge on any atom is 0.220 e. The number of nitrogen functional groups attached to an aromatic ring is 1. The van der Waals surface area contributed by atoms with E-state index in [1.54, 1.807) is 0 Å². The van der Waals surface area contributed by atoms with Crippen LogP contribution in [0.4, 0.5) is 5.69 Å². The Labute approximate surface area is 110 Å². The van der Waals surface area contributed by atoms with Gasteiger partial charge in [-0.15, -0.1) is 0 Å². The third-order valence-corrected chi connectivity index (χ3v) is 2.96. The Hall–Kier alpha value is -1.51. The van der Waals surface area contributed by atoms with Crippen molar-refractivity contribution in [3.8, 4) is 0 Å². The zero-order valence-corrected chi connectivity index (χ0v) is 10.4. The second-order valence-electron chi connectivity index (χ2n) is 3.76. The molecule has 0 fully saturated rings. The average molecular weight is 265 g/mol. The minimum atomic E-state index is 0. The fourth-order valence-corrected chi connectivity index (χ4v) is 2.15. The van der Waals surface area contributed by atoms with Gasteiger partial charge in [-0.25, -0.2) is 0 Å². The topological polar surface area (TPSA) is 30.1 Å². The van der Waals surface area contributed by atoms with E-state index in [0.717, 1.165) is 22.1 Å². The summed E-state index contributed by atoms with van der Waals surface area (Å²) < 4.78 is 2.10. The first kappa shape index (κ1) is 12.0. The molecule has 0 aliphatic heterocycles. The van der Waals surface area contributed by atoms with Crippen molar-refractivity contribution in [1.29, 1.82) is 0 Å². The van der Waals surface area contributed by atoms with Crippen LogP contribution in [-0.2, 0) is 0 Å². The predicted octanol–water partition coefficient (Wildman–Crippen LogP) is -0.182. The van der Waals surface area contributed by atoms with E-state index in [0.29, 0.717) is 5.02 Å². The van der Waals surface area contributed by atoms with Gasteiger partial charge in [0.05, 0.1) is 11.1 Å². The van der Waals surface area contributed by atoms with Crippen molar-refractivity contribution >= 4 is 33.7 Å². The number of aromatic nitrogens is 1. The summed E-state index contributed by atoms with van der Waals surface area (Å²) in [6.45, 7) is 0. The number of fused-ring (bicyclic) bond motifs is 3. The van der Waals surface area contributed by atoms with E-state index in [1.165, 1.54) is 0 Å². The minimum absolute atomic E-state index is 0. The number of anilines is 1. The molecule has 1 aromatic carbocycles. The van der Waals surface area contributed by atoms with Gasteiger partial charge >= 0.3 is 0 Å². The first-order chi connectivity index (χ1) is 7.75. The van der Waals surface area contributed by atoms with Gasteiger partial charge in [0.2, 0.25) is 11.0 Å². The molecule has 4 heteroatoms. The van der Waals surface area contributed by atoms with Gasteiger partial charge in [0.1, 0.15) is 0 Å². The van der Waals surface area contributed by atoms with Crippen molar-refractivity contribution in [2.75, 3.05) is 5.73 Å². The molecule has 2 nitrogen and oxygen atoms in total. The fraction of sp³-hybridized carbons (Fsp3) is 0. The molecule has 0 aliphatic rings. The highest BCUT2D eigenvalue weighted by molar-refractivity contribution is 6.31. The van der Waals surface area contributed by atoms with E-state index in [4.69, 9.17) is 17.3 Å². The molecule has 2 aromatic heterocycles. The molecule has 17 heavy (non-hydrogen) atoms. The molecule has 3 aromatic rings. The number of hydrogen-bond donors (Lipinski definition) is 1. The molecule has 0 radical (unpaired) electrons. The summed E-state index contributed by atoms with van der Waals surface area (Å²) in [5.74, 6) is 0. The van der Waals surface area contributed by atoms with Gasteiger partial charge in [0.15, 0.2) is 6.20 Å². The molecule has 0 atom stereocenters. The Morgan fingerprint density at radius 1 is 1.06 bits per heavy atom. The summed E-state index contributed by atoms with van der Waals surface area (Å²) in [5, 5.41) is 1.69. The van der Waals surface area contributed by atoms with Crippen LogP contribution in [0.3, 0.4) is 0 Å². The SMILES string of the molecule is Nc1cc2cccc[n+]2c2ccc(Cl)cc12.[Cl-]. The second kappa shape index (κ2) is 4.40. The number of benzene rings is 1. The monoisotopic (exact) mass is 264 g/mol. The zero-order chi connectivity index (χ0) is 11.1. The smallest absolute Gasteiger partial charge is 0.220 e. The van der Waals surface area contributed by atoms with Crippen LogP contribution in [0.2, 0.25) is 5.02 Å². The Kier molecular flexibility index (Phi) is 3.09. The highest BCUT2D eigenvalue weighted by Crippen LogP contribution is 2.23. The number of rotatable bonds is 0. The molecule has 0 aliphatic carbocycles. The van der Waals surface area contributed by atoms with Crippen LogP contribution in [-0.4, -0.2) is 0 Å². The van der Waals surface area contributed by atoms with E-state index < -0.39 is 0 Å². The highest BCUT2D eigenvalue weighted by atomic mass is 35.5. The Morgan fingerprint density at radius 3 is 2.71 bits per heavy atom. The van der Waals surface area contributed by atoms with Gasteiger partial charge in [-0.05, 0) is 18.2 Å². The zero-order valence-electron chi connectivity index (χ0n) is 8.90. The molecule has 86 valence electrons. The molecular weight excluding hydrogens is 255 g/mol. The van der Waals surface area contributed by atoms with Crippen LogP contribution in [0.15, 0.2) is 48.7 Å². The molecular formula is C13H10Cl2N2. The van der Waals surface area contributed by atoms with Gasteiger partial charge in [-0.1, -0.05) is 11.6 Å². The van der Waals surface area contributed by atoms with E-state index in [-0.39, 0.29) is 12.4 Å². The van der Waals surface area contributed by atoms with Crippen molar-refractivity contribution < 1.29 is 16.8 Å². The molecule has 0 amide bonds. The standard InChI is InChI=1S/C13H9ClN2.ClH/c14-9-4-5-13-11(7-9)12(15)8-10-3-1-2-6-16(10)13;/h1-8,15H;1H. The van der Waals surface area contributed by atoms with Gasteiger partial charge in [-0.2, -0.15) is 4.40 Å². The number of halogens is 2. The summed E-state index contributed by atoms with van der Waals surface area (Å²) in [4.78, 5) is 0. The third kappa shape index (κ3) is 1.90. The Bertz CT molecular complexity index is 695. The second-order valence-corrected chi connectivity index (χ2v) is 4.19. The van der Waals surface area contributed by atoms with Crippen LogP contribution in [0.25, 0.3) is 16.4 Å². The normalized spacial score (nSPS) is 10.4. The van der Waals surface area contributed by atoms with Gasteiger partial charge in [-0.3, -0.25) is 0 Å². The summed E-state index contributed by atoms with van der Waals surface area (Å²) in [6, 6.07) is 13.7. The molecule has 0 bridgehead atoms. The molecule has 0 unspecified atom stereocenters. The third-order valence-electron chi connectivity index (χ3n) is 2.72. The van der Waals surface area contributed by atoms with Crippen LogP contribution in [0.1, 0.15) is 0 Å². The maximum absolute atomic E-state index is 6.02. The van der Waals surface area contributed by atoms with Crippen molar-refractivity contribution in [3.05, 3.63) is 53.7 Å². The quantitative estimate of drug-likeness (QED) is 0.443. The summed E-state index contributed by atoms with van der Waals surface area (Å²) in [6.07, 6.45) is 2.02. The first-order valence-corrected chi connectivity index (χ1v) is 5.42. The molecule has 3 rings (SSSR count). The van der Waals surface area contributed by atoms with E-state index >= 15 is 0 Å². The van der Waals surface area contributed by atoms with Crippen molar-refractivity contribution in [1.82, 2.24) is 0 Å². The van der Waals surface area contributed by atoms with E-state index in [2.05, 4.69) is 4.40 Å². The van der Waals surface area contributed by atoms with E-state index in [9.17, 15) is 0 Å². The van der Waals surface area contributed by atoms with Crippen molar-refractivity contribution in [2.45, 2.75) is 0 Å². The van der Waals surface area contributed by atoms with Gasteiger partial charge < -0.3 is 18.1 Å². The lowest BCUT2D eigenvalue weighted by Gasteiger charge is -2.01. The molecule has 2 N–H and O–H groups in total. The maximum atomic E-state index is 6.02. The summed E-state index contributed by atoms with van der Waals surface area (Å²) in [5.41, 5.74) is 8.92. The molecule has 0 spiro atoms. The van der Waals surface area contributed by atoms with Crippen LogP contribution < -0.4 is 22.5 Å². The number of hydrogen-bond acceptors (Lipinski definition) is 1. The lowest BCUT2D eigenvalue weighted by atomic mass is 10.1. The predicted molar refractivity (Wildman–Crippen MR) is 66.5 cm³/mol.